The van der Waals surface area contributed by atoms with Crippen LogP contribution < -0.4 is 19.5 Å². The first-order valence-electron chi connectivity index (χ1n) is 21.9. The lowest BCUT2D eigenvalue weighted by atomic mass is 9.85. The highest BCUT2D eigenvalue weighted by atomic mass is 32.2. The number of rotatable bonds is 8. The lowest BCUT2D eigenvalue weighted by Crippen LogP contribution is -2.57. The van der Waals surface area contributed by atoms with E-state index in [0.29, 0.717) is 43.6 Å². The van der Waals surface area contributed by atoms with Gasteiger partial charge in [0, 0.05) is 11.8 Å². The summed E-state index contributed by atoms with van der Waals surface area (Å²) < 4.78 is 46.7. The molecule has 2 N–H and O–H groups in total. The Morgan fingerprint density at radius 3 is 2.48 bits per heavy atom. The number of amides is 3. The van der Waals surface area contributed by atoms with E-state index in [-0.39, 0.29) is 49.0 Å². The van der Waals surface area contributed by atoms with Crippen molar-refractivity contribution in [3.05, 3.63) is 30.0 Å². The Balaban J connectivity index is 1.14. The average Bonchev–Trinajstić information content (AvgIpc) is 4.01. The first-order chi connectivity index (χ1) is 27.8. The van der Waals surface area contributed by atoms with Crippen molar-refractivity contribution in [1.29, 1.82) is 0 Å². The van der Waals surface area contributed by atoms with Gasteiger partial charge in [0.25, 0.3) is 5.91 Å². The van der Waals surface area contributed by atoms with Crippen LogP contribution in [0.2, 0.25) is 0 Å². The number of esters is 1. The summed E-state index contributed by atoms with van der Waals surface area (Å²) in [5.74, 6) is -1.36. The molecule has 0 spiro atoms. The van der Waals surface area contributed by atoms with Crippen LogP contribution in [0, 0.1) is 23.7 Å². The predicted molar refractivity (Wildman–Crippen MR) is 216 cm³/mol. The maximum atomic E-state index is 15.0. The summed E-state index contributed by atoms with van der Waals surface area (Å²) in [5.41, 5.74) is -0.360. The highest BCUT2D eigenvalue weighted by Gasteiger charge is 2.62. The van der Waals surface area contributed by atoms with Crippen LogP contribution in [-0.4, -0.2) is 84.2 Å². The number of benzene rings is 1. The minimum atomic E-state index is -3.85. The van der Waals surface area contributed by atoms with Crippen LogP contribution in [0.3, 0.4) is 0 Å². The number of pyridine rings is 1. The van der Waals surface area contributed by atoms with Crippen LogP contribution in [0.1, 0.15) is 129 Å². The molecule has 0 radical (unpaired) electrons. The van der Waals surface area contributed by atoms with Crippen LogP contribution in [0.4, 0.5) is 0 Å². The highest BCUT2D eigenvalue weighted by molar-refractivity contribution is 7.91. The molecule has 316 valence electrons. The molecule has 2 bridgehead atoms. The first kappa shape index (κ1) is 40.8. The van der Waals surface area contributed by atoms with Crippen molar-refractivity contribution in [1.82, 2.24) is 19.9 Å². The summed E-state index contributed by atoms with van der Waals surface area (Å²) in [5, 5.41) is 3.21. The molecule has 5 fully saturated rings. The van der Waals surface area contributed by atoms with Gasteiger partial charge in [-0.25, -0.2) is 13.4 Å². The van der Waals surface area contributed by atoms with E-state index in [0.717, 1.165) is 87.2 Å². The summed E-state index contributed by atoms with van der Waals surface area (Å²) >= 11 is 0. The number of aromatic nitrogens is 1. The van der Waals surface area contributed by atoms with Gasteiger partial charge in [0.1, 0.15) is 34.8 Å². The molecule has 0 unspecified atom stereocenters. The zero-order chi connectivity index (χ0) is 40.8. The molecule has 13 nitrogen and oxygen atoms in total. The van der Waals surface area contributed by atoms with Crippen molar-refractivity contribution >= 4 is 44.6 Å². The second-order valence-corrected chi connectivity index (χ2v) is 20.2. The number of hydrogen-bond acceptors (Lipinski definition) is 10. The van der Waals surface area contributed by atoms with Gasteiger partial charge in [-0.1, -0.05) is 39.0 Å². The number of nitrogens with zero attached hydrogens (tertiary/aromatic N) is 2. The van der Waals surface area contributed by atoms with E-state index in [9.17, 15) is 22.8 Å². The van der Waals surface area contributed by atoms with Crippen molar-refractivity contribution in [2.24, 2.45) is 23.7 Å². The van der Waals surface area contributed by atoms with Crippen LogP contribution in [0.5, 0.6) is 11.5 Å². The Morgan fingerprint density at radius 1 is 1.00 bits per heavy atom. The number of hydrogen-bond donors (Lipinski definition) is 2. The number of aryl methyl sites for hydroxylation is 1. The fraction of sp³-hybridized carbons (Fsp3) is 0.705. The summed E-state index contributed by atoms with van der Waals surface area (Å²) in [6, 6.07) is 6.68. The molecule has 2 aliphatic heterocycles. The lowest BCUT2D eigenvalue weighted by molar-refractivity contribution is -0.166. The summed E-state index contributed by atoms with van der Waals surface area (Å²) in [7, 11) is -2.24. The largest absolute Gasteiger partial charge is 0.497 e. The van der Waals surface area contributed by atoms with Gasteiger partial charge in [0.2, 0.25) is 21.8 Å². The van der Waals surface area contributed by atoms with E-state index in [4.69, 9.17) is 19.2 Å². The molecule has 4 aliphatic carbocycles. The van der Waals surface area contributed by atoms with E-state index in [2.05, 4.69) is 17.0 Å². The molecule has 3 amide bonds. The zero-order valence-electron chi connectivity index (χ0n) is 34.3. The van der Waals surface area contributed by atoms with E-state index in [1.807, 2.05) is 31.2 Å². The summed E-state index contributed by atoms with van der Waals surface area (Å²) in [6.45, 7) is 4.05. The van der Waals surface area contributed by atoms with Gasteiger partial charge in [-0.05, 0) is 120 Å². The topological polar surface area (TPSA) is 170 Å². The minimum absolute atomic E-state index is 0.0366. The molecule has 1 saturated heterocycles. The normalized spacial score (nSPS) is 32.3. The van der Waals surface area contributed by atoms with Crippen molar-refractivity contribution in [2.75, 3.05) is 13.7 Å². The van der Waals surface area contributed by atoms with Gasteiger partial charge >= 0.3 is 5.97 Å². The Hall–Kier alpha value is -3.94. The fourth-order valence-corrected chi connectivity index (χ4v) is 12.0. The maximum absolute atomic E-state index is 15.0. The van der Waals surface area contributed by atoms with Crippen LogP contribution in [0.15, 0.2) is 24.3 Å². The van der Waals surface area contributed by atoms with Crippen LogP contribution >= 0.6 is 0 Å². The number of methoxy groups -OCH3 is 1. The van der Waals surface area contributed by atoms with E-state index in [1.54, 1.807) is 12.0 Å². The molecule has 7 atom stereocenters. The van der Waals surface area contributed by atoms with Crippen molar-refractivity contribution < 1.29 is 41.8 Å². The molecule has 2 aromatic rings. The Kier molecular flexibility index (Phi) is 11.4. The van der Waals surface area contributed by atoms with Gasteiger partial charge in [0.05, 0.1) is 42.5 Å². The smallest absolute Gasteiger partial charge is 0.307 e. The first-order valence-corrected chi connectivity index (χ1v) is 23.4. The van der Waals surface area contributed by atoms with E-state index in [1.165, 1.54) is 0 Å². The average molecular weight is 821 g/mol. The maximum Gasteiger partial charge on any atom is 0.307 e. The minimum Gasteiger partial charge on any atom is -0.497 e. The number of fused-ring (bicyclic) bond motifs is 5. The third-order valence-electron chi connectivity index (χ3n) is 14.3. The van der Waals surface area contributed by atoms with Gasteiger partial charge in [-0.3, -0.25) is 23.9 Å². The highest BCUT2D eigenvalue weighted by Crippen LogP contribution is 2.47. The summed E-state index contributed by atoms with van der Waals surface area (Å²) in [6.07, 6.45) is 12.2. The van der Waals surface area contributed by atoms with Crippen LogP contribution in [0.25, 0.3) is 10.9 Å². The Bertz CT molecular complexity index is 2030. The zero-order valence-corrected chi connectivity index (χ0v) is 35.1. The fourth-order valence-electron chi connectivity index (χ4n) is 10.6. The lowest BCUT2D eigenvalue weighted by Gasteiger charge is -2.34. The second kappa shape index (κ2) is 16.3. The van der Waals surface area contributed by atoms with Gasteiger partial charge < -0.3 is 24.4 Å². The standard InChI is InChI=1S/C44H60N4O9S/c1-4-29-25-44(29,42(52)47-58(53,54)33-17-18-33)46-40(50)37-23-32-26-48(37)41(51)34(27-11-8-9-12-27)24-39(49)57-43(2)20-10-14-30(43)13-6-5-7-15-36-38(56-32)22-28-21-31(55-3)16-19-35(28)45-36/h16,19,21-22,27,29-30,32-34,37H,4-15,17-18,20,23-26H2,1-3H3,(H,46,50)(H,47,52)/t29-,30-,32-,34+,37+,43-,44-/m1/s1. The second-order valence-electron chi connectivity index (χ2n) is 18.2. The SMILES string of the molecule is CC[C@@H]1C[C@]1(NC(=O)[C@@H]1C[C@@H]2CN1C(=O)[C@H](C1CCCC1)CC(=O)O[C@]1(C)CCC[C@H]1CCCCCc1nc3ccc(OC)cc3cc1O2)C(=O)NS(=O)(=O)C1CC1. The van der Waals surface area contributed by atoms with E-state index >= 15 is 4.79 Å². The predicted octanol–water partition coefficient (Wildman–Crippen LogP) is 5.90. The molecule has 1 aromatic heterocycles. The van der Waals surface area contributed by atoms with Crippen molar-refractivity contribution in [3.63, 3.8) is 0 Å². The molecule has 3 heterocycles. The molecule has 8 rings (SSSR count). The number of carbonyl (C=O) groups is 4. The molecule has 58 heavy (non-hydrogen) atoms. The van der Waals surface area contributed by atoms with Crippen molar-refractivity contribution in [2.45, 2.75) is 158 Å². The summed E-state index contributed by atoms with van der Waals surface area (Å²) in [4.78, 5) is 63.9. The molecule has 4 saturated carbocycles. The van der Waals surface area contributed by atoms with Crippen LogP contribution in [-0.2, 0) is 40.4 Å². The van der Waals surface area contributed by atoms with Gasteiger partial charge in [-0.15, -0.1) is 0 Å². The third kappa shape index (κ3) is 8.28. The molecule has 1 aromatic carbocycles. The molecular weight excluding hydrogens is 761 g/mol. The van der Waals surface area contributed by atoms with Gasteiger partial charge in [0.15, 0.2) is 0 Å². The molecule has 6 aliphatic rings. The Labute approximate surface area is 342 Å². The quantitative estimate of drug-likeness (QED) is 0.306. The molecular formula is C44H60N4O9S. The van der Waals surface area contributed by atoms with Gasteiger partial charge in [-0.2, -0.15) is 0 Å². The third-order valence-corrected chi connectivity index (χ3v) is 16.1. The Morgan fingerprint density at radius 2 is 1.76 bits per heavy atom. The number of ether oxygens (including phenoxy) is 3. The molecule has 14 heteroatoms. The van der Waals surface area contributed by atoms with E-state index < -0.39 is 56.3 Å². The number of carbonyl (C=O) groups excluding carboxylic acids is 4. The number of nitrogens with one attached hydrogen (secondary N) is 2. The monoisotopic (exact) mass is 820 g/mol. The number of sulfonamides is 1. The van der Waals surface area contributed by atoms with Crippen molar-refractivity contribution in [3.8, 4) is 11.5 Å².